The van der Waals surface area contributed by atoms with Crippen LogP contribution in [0.4, 0.5) is 0 Å². The molecule has 0 unspecified atom stereocenters. The predicted molar refractivity (Wildman–Crippen MR) is 77.6 cm³/mol. The summed E-state index contributed by atoms with van der Waals surface area (Å²) in [4.78, 5) is 14.1. The zero-order chi connectivity index (χ0) is 14.2. The fourth-order valence-electron chi connectivity index (χ4n) is 3.02. The van der Waals surface area contributed by atoms with E-state index in [1.165, 1.54) is 0 Å². The second-order valence-corrected chi connectivity index (χ2v) is 5.85. The molecule has 0 aromatic rings. The molecule has 116 valence electrons. The van der Waals surface area contributed by atoms with Gasteiger partial charge in [-0.25, -0.2) is 0 Å². The first-order valence-corrected chi connectivity index (χ1v) is 7.88. The molecule has 1 amide bonds. The van der Waals surface area contributed by atoms with Gasteiger partial charge in [0.1, 0.15) is 0 Å². The smallest absolute Gasteiger partial charge is 0.224 e. The Morgan fingerprint density at radius 1 is 1.20 bits per heavy atom. The van der Waals surface area contributed by atoms with Crippen molar-refractivity contribution in [2.75, 3.05) is 46.5 Å². The van der Waals surface area contributed by atoms with Crippen LogP contribution in [0, 0.1) is 5.92 Å². The second kappa shape index (κ2) is 8.60. The molecule has 0 radical (unpaired) electrons. The van der Waals surface area contributed by atoms with Crippen molar-refractivity contribution in [2.24, 2.45) is 5.92 Å². The second-order valence-electron chi connectivity index (χ2n) is 5.85. The summed E-state index contributed by atoms with van der Waals surface area (Å²) in [5.74, 6) is 0.866. The lowest BCUT2D eigenvalue weighted by Crippen LogP contribution is -2.40. The molecule has 0 saturated carbocycles. The summed E-state index contributed by atoms with van der Waals surface area (Å²) in [6, 6.07) is 0. The number of likely N-dealkylation sites (tertiary alicyclic amines) is 1. The fourth-order valence-corrected chi connectivity index (χ4v) is 3.02. The molecule has 1 N–H and O–H groups in total. The van der Waals surface area contributed by atoms with Crippen LogP contribution in [-0.2, 0) is 14.3 Å². The van der Waals surface area contributed by atoms with Gasteiger partial charge in [0.05, 0.1) is 19.1 Å². The molecule has 2 heterocycles. The van der Waals surface area contributed by atoms with E-state index in [1.807, 2.05) is 4.90 Å². The van der Waals surface area contributed by atoms with Gasteiger partial charge in [0.15, 0.2) is 0 Å². The first-order chi connectivity index (χ1) is 9.79. The Balaban J connectivity index is 1.58. The summed E-state index contributed by atoms with van der Waals surface area (Å²) in [5.41, 5.74) is 0. The highest BCUT2D eigenvalue weighted by Crippen LogP contribution is 2.18. The molecule has 20 heavy (non-hydrogen) atoms. The Kier molecular flexibility index (Phi) is 6.76. The molecule has 0 aliphatic carbocycles. The Morgan fingerprint density at radius 3 is 2.55 bits per heavy atom. The van der Waals surface area contributed by atoms with Crippen molar-refractivity contribution in [3.05, 3.63) is 0 Å². The molecular weight excluding hydrogens is 256 g/mol. The van der Waals surface area contributed by atoms with Gasteiger partial charge >= 0.3 is 0 Å². The maximum absolute atomic E-state index is 12.1. The number of ether oxygens (including phenoxy) is 2. The summed E-state index contributed by atoms with van der Waals surface area (Å²) in [6.45, 7) is 5.21. The third-order valence-electron chi connectivity index (χ3n) is 4.33. The highest BCUT2D eigenvalue weighted by molar-refractivity contribution is 5.76. The van der Waals surface area contributed by atoms with Crippen LogP contribution in [0.3, 0.4) is 0 Å². The van der Waals surface area contributed by atoms with E-state index in [0.29, 0.717) is 25.0 Å². The lowest BCUT2D eigenvalue weighted by Gasteiger charge is -2.32. The van der Waals surface area contributed by atoms with Crippen LogP contribution in [0.25, 0.3) is 0 Å². The number of hydrogen-bond donors (Lipinski definition) is 1. The molecule has 0 atom stereocenters. The van der Waals surface area contributed by atoms with Gasteiger partial charge in [-0.2, -0.15) is 0 Å². The standard InChI is InChI=1S/C15H28N2O3/c1-19-12-13-4-9-17(10-5-13)15(18)6-11-20-14-2-7-16-8-3-14/h13-14,16H,2-12H2,1H3. The third-order valence-corrected chi connectivity index (χ3v) is 4.33. The van der Waals surface area contributed by atoms with Gasteiger partial charge in [0, 0.05) is 26.8 Å². The van der Waals surface area contributed by atoms with Crippen LogP contribution >= 0.6 is 0 Å². The summed E-state index contributed by atoms with van der Waals surface area (Å²) in [7, 11) is 1.75. The van der Waals surface area contributed by atoms with Crippen LogP contribution in [-0.4, -0.2) is 63.4 Å². The summed E-state index contributed by atoms with van der Waals surface area (Å²) in [5, 5.41) is 3.31. The molecule has 0 aromatic carbocycles. The number of nitrogens with zero attached hydrogens (tertiary/aromatic N) is 1. The van der Waals surface area contributed by atoms with E-state index in [1.54, 1.807) is 7.11 Å². The lowest BCUT2D eigenvalue weighted by atomic mass is 9.97. The highest BCUT2D eigenvalue weighted by Gasteiger charge is 2.22. The van der Waals surface area contributed by atoms with E-state index in [2.05, 4.69) is 5.32 Å². The largest absolute Gasteiger partial charge is 0.384 e. The lowest BCUT2D eigenvalue weighted by molar-refractivity contribution is -0.134. The molecular formula is C15H28N2O3. The molecule has 2 rings (SSSR count). The van der Waals surface area contributed by atoms with E-state index >= 15 is 0 Å². The number of methoxy groups -OCH3 is 1. The van der Waals surface area contributed by atoms with Gasteiger partial charge in [0.2, 0.25) is 5.91 Å². The molecule has 5 heteroatoms. The fraction of sp³-hybridized carbons (Fsp3) is 0.933. The first kappa shape index (κ1) is 15.7. The first-order valence-electron chi connectivity index (χ1n) is 7.88. The van der Waals surface area contributed by atoms with Gasteiger partial charge in [-0.05, 0) is 44.7 Å². The van der Waals surface area contributed by atoms with Crippen molar-refractivity contribution in [2.45, 2.75) is 38.2 Å². The summed E-state index contributed by atoms with van der Waals surface area (Å²) < 4.78 is 11.0. The monoisotopic (exact) mass is 284 g/mol. The highest BCUT2D eigenvalue weighted by atomic mass is 16.5. The SMILES string of the molecule is COCC1CCN(C(=O)CCOC2CCNCC2)CC1. The minimum atomic E-state index is 0.245. The number of piperidine rings is 2. The predicted octanol–water partition coefficient (Wildman–Crippen LogP) is 1.03. The van der Waals surface area contributed by atoms with Gasteiger partial charge < -0.3 is 19.7 Å². The van der Waals surface area contributed by atoms with Crippen molar-refractivity contribution in [3.8, 4) is 0 Å². The molecule has 0 aromatic heterocycles. The number of hydrogen-bond acceptors (Lipinski definition) is 4. The van der Waals surface area contributed by atoms with E-state index in [4.69, 9.17) is 9.47 Å². The minimum Gasteiger partial charge on any atom is -0.384 e. The Bertz CT molecular complexity index is 285. The van der Waals surface area contributed by atoms with Gasteiger partial charge in [-0.1, -0.05) is 0 Å². The number of carbonyl (C=O) groups excluding carboxylic acids is 1. The quantitative estimate of drug-likeness (QED) is 0.791. The molecule has 5 nitrogen and oxygen atoms in total. The number of nitrogens with one attached hydrogen (secondary N) is 1. The number of carbonyl (C=O) groups is 1. The summed E-state index contributed by atoms with van der Waals surface area (Å²) in [6.07, 6.45) is 5.13. The molecule has 2 aliphatic heterocycles. The average molecular weight is 284 g/mol. The van der Waals surface area contributed by atoms with Crippen LogP contribution < -0.4 is 5.32 Å². The van der Waals surface area contributed by atoms with Crippen LogP contribution in [0.15, 0.2) is 0 Å². The zero-order valence-corrected chi connectivity index (χ0v) is 12.6. The Morgan fingerprint density at radius 2 is 1.90 bits per heavy atom. The molecule has 0 spiro atoms. The minimum absolute atomic E-state index is 0.245. The maximum Gasteiger partial charge on any atom is 0.224 e. The molecule has 2 aliphatic rings. The van der Waals surface area contributed by atoms with Crippen molar-refractivity contribution in [1.29, 1.82) is 0 Å². The van der Waals surface area contributed by atoms with Gasteiger partial charge in [0.25, 0.3) is 0 Å². The van der Waals surface area contributed by atoms with E-state index < -0.39 is 0 Å². The molecule has 2 saturated heterocycles. The maximum atomic E-state index is 12.1. The van der Waals surface area contributed by atoms with E-state index in [-0.39, 0.29) is 5.91 Å². The zero-order valence-electron chi connectivity index (χ0n) is 12.6. The average Bonchev–Trinajstić information content (AvgIpc) is 2.49. The third kappa shape index (κ3) is 5.04. The van der Waals surface area contributed by atoms with E-state index in [9.17, 15) is 4.79 Å². The molecule has 2 fully saturated rings. The van der Waals surface area contributed by atoms with Gasteiger partial charge in [-0.15, -0.1) is 0 Å². The number of amides is 1. The Labute approximate surface area is 122 Å². The van der Waals surface area contributed by atoms with Crippen LogP contribution in [0.5, 0.6) is 0 Å². The van der Waals surface area contributed by atoms with Crippen LogP contribution in [0.1, 0.15) is 32.1 Å². The van der Waals surface area contributed by atoms with Crippen molar-refractivity contribution >= 4 is 5.91 Å². The van der Waals surface area contributed by atoms with Crippen LogP contribution in [0.2, 0.25) is 0 Å². The van der Waals surface area contributed by atoms with Crippen molar-refractivity contribution in [1.82, 2.24) is 10.2 Å². The van der Waals surface area contributed by atoms with E-state index in [0.717, 1.165) is 58.5 Å². The molecule has 0 bridgehead atoms. The van der Waals surface area contributed by atoms with Gasteiger partial charge in [-0.3, -0.25) is 4.79 Å². The van der Waals surface area contributed by atoms with Crippen molar-refractivity contribution < 1.29 is 14.3 Å². The Hall–Kier alpha value is -0.650. The summed E-state index contributed by atoms with van der Waals surface area (Å²) >= 11 is 0. The number of rotatable bonds is 6. The topological polar surface area (TPSA) is 50.8 Å². The van der Waals surface area contributed by atoms with Crippen molar-refractivity contribution in [3.63, 3.8) is 0 Å². The normalized spacial score (nSPS) is 22.1.